The van der Waals surface area contributed by atoms with Crippen LogP contribution in [0.2, 0.25) is 0 Å². The lowest BCUT2D eigenvalue weighted by Crippen LogP contribution is -2.29. The number of alkyl halides is 2. The van der Waals surface area contributed by atoms with Crippen LogP contribution in [0, 0.1) is 0 Å². The van der Waals surface area contributed by atoms with Gasteiger partial charge in [-0.3, -0.25) is 0 Å². The molecule has 6 heteroatoms. The normalized spacial score (nSPS) is 13.8. The van der Waals surface area contributed by atoms with E-state index >= 15 is 0 Å². The number of nitrogens with zero attached hydrogens (tertiary/aromatic N) is 1. The summed E-state index contributed by atoms with van der Waals surface area (Å²) < 4.78 is 34.5. The number of nitrogens with two attached hydrogens (primary N) is 1. The molecule has 0 atom stereocenters. The second kappa shape index (κ2) is 6.95. The van der Waals surface area contributed by atoms with Crippen molar-refractivity contribution in [3.8, 4) is 11.5 Å². The van der Waals surface area contributed by atoms with Gasteiger partial charge < -0.3 is 20.1 Å². The minimum absolute atomic E-state index is 0.0412. The first kappa shape index (κ1) is 16.4. The van der Waals surface area contributed by atoms with Crippen LogP contribution in [0.25, 0.3) is 0 Å². The molecule has 128 valence electrons. The van der Waals surface area contributed by atoms with E-state index in [-0.39, 0.29) is 5.75 Å². The molecule has 0 aliphatic carbocycles. The molecule has 0 aromatic heterocycles. The zero-order valence-electron chi connectivity index (χ0n) is 13.5. The number of fused-ring (bicyclic) bond motifs is 1. The second-order valence-corrected chi connectivity index (χ2v) is 5.73. The van der Waals surface area contributed by atoms with Crippen LogP contribution < -0.4 is 20.1 Å². The van der Waals surface area contributed by atoms with Crippen molar-refractivity contribution in [1.29, 1.82) is 0 Å². The van der Waals surface area contributed by atoms with Gasteiger partial charge >= 0.3 is 6.61 Å². The first-order valence-electron chi connectivity index (χ1n) is 7.82. The van der Waals surface area contributed by atoms with Gasteiger partial charge in [-0.25, -0.2) is 0 Å². The van der Waals surface area contributed by atoms with E-state index in [2.05, 4.69) is 15.7 Å². The molecule has 0 spiro atoms. The van der Waals surface area contributed by atoms with Crippen molar-refractivity contribution in [3.05, 3.63) is 47.5 Å². The minimum Gasteiger partial charge on any atom is -0.493 e. The van der Waals surface area contributed by atoms with Gasteiger partial charge in [-0.1, -0.05) is 12.1 Å². The van der Waals surface area contributed by atoms with Gasteiger partial charge in [0, 0.05) is 24.5 Å². The van der Waals surface area contributed by atoms with Gasteiger partial charge in [-0.15, -0.1) is 0 Å². The lowest BCUT2D eigenvalue weighted by atomic mass is 9.99. The van der Waals surface area contributed by atoms with Crippen LogP contribution in [-0.4, -0.2) is 20.3 Å². The molecule has 0 unspecified atom stereocenters. The summed E-state index contributed by atoms with van der Waals surface area (Å²) in [4.78, 5) is 2.25. The van der Waals surface area contributed by atoms with Gasteiger partial charge in [0.05, 0.1) is 7.11 Å². The summed E-state index contributed by atoms with van der Waals surface area (Å²) in [5.41, 5.74) is 10.2. The molecule has 24 heavy (non-hydrogen) atoms. The fraction of sp³-hybridized carbons (Fsp3) is 0.333. The van der Waals surface area contributed by atoms with Crippen LogP contribution >= 0.6 is 0 Å². The molecule has 0 fully saturated rings. The fourth-order valence-corrected chi connectivity index (χ4v) is 3.12. The van der Waals surface area contributed by atoms with Crippen LogP contribution in [0.5, 0.6) is 11.5 Å². The van der Waals surface area contributed by atoms with Gasteiger partial charge in [0.2, 0.25) is 0 Å². The largest absolute Gasteiger partial charge is 0.493 e. The lowest BCUT2D eigenvalue weighted by Gasteiger charge is -2.32. The van der Waals surface area contributed by atoms with Crippen molar-refractivity contribution in [2.75, 3.05) is 24.3 Å². The van der Waals surface area contributed by atoms with Crippen molar-refractivity contribution in [1.82, 2.24) is 0 Å². The number of benzene rings is 2. The first-order chi connectivity index (χ1) is 11.6. The number of hydrogen-bond donors (Lipinski definition) is 1. The molecule has 0 bridgehead atoms. The van der Waals surface area contributed by atoms with E-state index in [1.54, 1.807) is 12.1 Å². The highest BCUT2D eigenvalue weighted by Gasteiger charge is 2.19. The van der Waals surface area contributed by atoms with Gasteiger partial charge in [0.15, 0.2) is 11.5 Å². The van der Waals surface area contributed by atoms with E-state index in [1.807, 2.05) is 12.1 Å². The summed E-state index contributed by atoms with van der Waals surface area (Å²) in [5.74, 6) is 0.345. The van der Waals surface area contributed by atoms with Gasteiger partial charge in [-0.2, -0.15) is 8.78 Å². The molecule has 0 amide bonds. The number of nitrogen functional groups attached to an aromatic ring is 1. The van der Waals surface area contributed by atoms with Crippen molar-refractivity contribution in [3.63, 3.8) is 0 Å². The first-order valence-corrected chi connectivity index (χ1v) is 7.82. The fourth-order valence-electron chi connectivity index (χ4n) is 3.12. The molecule has 2 aromatic rings. The molecule has 2 aromatic carbocycles. The van der Waals surface area contributed by atoms with E-state index in [1.165, 1.54) is 18.7 Å². The molecular formula is C18H20F2N2O2. The lowest BCUT2D eigenvalue weighted by molar-refractivity contribution is -0.0512. The molecule has 0 saturated heterocycles. The topological polar surface area (TPSA) is 47.7 Å². The third kappa shape index (κ3) is 3.37. The van der Waals surface area contributed by atoms with Crippen LogP contribution in [-0.2, 0) is 13.0 Å². The number of methoxy groups -OCH3 is 1. The SMILES string of the molecule is COc1cc(CN2CCCc3c(N)cccc32)ccc1OC(F)F. The summed E-state index contributed by atoms with van der Waals surface area (Å²) in [5, 5.41) is 0. The molecule has 1 heterocycles. The Bertz CT molecular complexity index is 722. The number of hydrogen-bond acceptors (Lipinski definition) is 4. The number of rotatable bonds is 5. The summed E-state index contributed by atoms with van der Waals surface area (Å²) in [6, 6.07) is 11.0. The van der Waals surface area contributed by atoms with Crippen molar-refractivity contribution in [2.45, 2.75) is 26.0 Å². The zero-order chi connectivity index (χ0) is 17.1. The highest BCUT2D eigenvalue weighted by Crippen LogP contribution is 2.34. The predicted octanol–water partition coefficient (Wildman–Crippen LogP) is 3.83. The van der Waals surface area contributed by atoms with Gasteiger partial charge in [0.1, 0.15) is 0 Å². The number of anilines is 2. The monoisotopic (exact) mass is 334 g/mol. The second-order valence-electron chi connectivity index (χ2n) is 5.73. The standard InChI is InChI=1S/C18H20F2N2O2/c1-23-17-10-12(7-8-16(17)24-18(19)20)11-22-9-3-4-13-14(21)5-2-6-15(13)22/h2,5-8,10,18H,3-4,9,11,21H2,1H3. The van der Waals surface area contributed by atoms with Crippen LogP contribution in [0.4, 0.5) is 20.2 Å². The Balaban J connectivity index is 1.84. The molecule has 1 aliphatic heterocycles. The van der Waals surface area contributed by atoms with Gasteiger partial charge in [0.25, 0.3) is 0 Å². The van der Waals surface area contributed by atoms with E-state index < -0.39 is 6.61 Å². The Hall–Kier alpha value is -2.50. The third-order valence-corrected chi connectivity index (χ3v) is 4.20. The van der Waals surface area contributed by atoms with Crippen molar-refractivity contribution >= 4 is 11.4 Å². The summed E-state index contributed by atoms with van der Waals surface area (Å²) in [7, 11) is 1.44. The smallest absolute Gasteiger partial charge is 0.387 e. The molecule has 0 radical (unpaired) electrons. The summed E-state index contributed by atoms with van der Waals surface area (Å²) in [6.45, 7) is -1.29. The molecule has 0 saturated carbocycles. The average molecular weight is 334 g/mol. The Labute approximate surface area is 139 Å². The highest BCUT2D eigenvalue weighted by molar-refractivity contribution is 5.66. The molecule has 2 N–H and O–H groups in total. The maximum Gasteiger partial charge on any atom is 0.387 e. The summed E-state index contributed by atoms with van der Waals surface area (Å²) >= 11 is 0. The third-order valence-electron chi connectivity index (χ3n) is 4.20. The van der Waals surface area contributed by atoms with Crippen molar-refractivity contribution < 1.29 is 18.3 Å². The Kier molecular flexibility index (Phi) is 4.74. The maximum atomic E-state index is 12.4. The minimum atomic E-state index is -2.87. The predicted molar refractivity (Wildman–Crippen MR) is 89.9 cm³/mol. The average Bonchev–Trinajstić information content (AvgIpc) is 2.57. The molecule has 3 rings (SSSR count). The zero-order valence-corrected chi connectivity index (χ0v) is 13.5. The van der Waals surface area contributed by atoms with E-state index in [0.717, 1.165) is 36.3 Å². The quantitative estimate of drug-likeness (QED) is 0.844. The van der Waals surface area contributed by atoms with E-state index in [9.17, 15) is 8.78 Å². The van der Waals surface area contributed by atoms with E-state index in [0.29, 0.717) is 12.3 Å². The number of ether oxygens (including phenoxy) is 2. The van der Waals surface area contributed by atoms with Crippen LogP contribution in [0.1, 0.15) is 17.5 Å². The Morgan fingerprint density at radius 1 is 1.21 bits per heavy atom. The van der Waals surface area contributed by atoms with Crippen molar-refractivity contribution in [2.24, 2.45) is 0 Å². The highest BCUT2D eigenvalue weighted by atomic mass is 19.3. The van der Waals surface area contributed by atoms with Crippen LogP contribution in [0.15, 0.2) is 36.4 Å². The van der Waals surface area contributed by atoms with Gasteiger partial charge in [-0.05, 0) is 48.2 Å². The Morgan fingerprint density at radius 3 is 2.79 bits per heavy atom. The molecule has 1 aliphatic rings. The number of halogens is 2. The van der Waals surface area contributed by atoms with Crippen LogP contribution in [0.3, 0.4) is 0 Å². The summed E-state index contributed by atoms with van der Waals surface area (Å²) in [6.07, 6.45) is 2.01. The molecular weight excluding hydrogens is 314 g/mol. The maximum absolute atomic E-state index is 12.4. The van der Waals surface area contributed by atoms with E-state index in [4.69, 9.17) is 10.5 Å². The molecule has 4 nitrogen and oxygen atoms in total. The Morgan fingerprint density at radius 2 is 2.04 bits per heavy atom.